The van der Waals surface area contributed by atoms with E-state index < -0.39 is 0 Å². The molecule has 3 rings (SSSR count). The lowest BCUT2D eigenvalue weighted by atomic mass is 10.1. The molecule has 0 aliphatic carbocycles. The van der Waals surface area contributed by atoms with E-state index in [1.807, 2.05) is 12.1 Å². The molecule has 0 saturated carbocycles. The van der Waals surface area contributed by atoms with Crippen LogP contribution in [-0.2, 0) is 13.1 Å². The van der Waals surface area contributed by atoms with E-state index in [1.54, 1.807) is 0 Å². The van der Waals surface area contributed by atoms with Gasteiger partial charge >= 0.3 is 0 Å². The lowest BCUT2D eigenvalue weighted by molar-refractivity contribution is 0.726. The molecule has 2 aromatic carbocycles. The Hall–Kier alpha value is -1.77. The van der Waals surface area contributed by atoms with E-state index in [0.29, 0.717) is 0 Å². The maximum absolute atomic E-state index is 5.94. The minimum absolute atomic E-state index is 0.782. The van der Waals surface area contributed by atoms with E-state index in [-0.39, 0.29) is 0 Å². The molecule has 3 heteroatoms. The van der Waals surface area contributed by atoms with Gasteiger partial charge in [-0.2, -0.15) is 0 Å². The third kappa shape index (κ3) is 3.29. The van der Waals surface area contributed by atoms with Gasteiger partial charge in [-0.25, -0.2) is 0 Å². The van der Waals surface area contributed by atoms with E-state index in [9.17, 15) is 0 Å². The molecule has 1 heterocycles. The number of aromatic nitrogens is 1. The Labute approximate surface area is 130 Å². The van der Waals surface area contributed by atoms with Crippen LogP contribution in [0.2, 0.25) is 5.02 Å². The Morgan fingerprint density at radius 3 is 2.52 bits per heavy atom. The van der Waals surface area contributed by atoms with Gasteiger partial charge in [-0.15, -0.1) is 0 Å². The molecule has 0 spiro atoms. The van der Waals surface area contributed by atoms with Crippen molar-refractivity contribution < 1.29 is 0 Å². The first-order chi connectivity index (χ1) is 10.3. The van der Waals surface area contributed by atoms with Gasteiger partial charge in [0.05, 0.1) is 0 Å². The zero-order valence-corrected chi connectivity index (χ0v) is 12.9. The second-order valence-corrected chi connectivity index (χ2v) is 5.68. The molecule has 0 saturated heterocycles. The van der Waals surface area contributed by atoms with Crippen LogP contribution in [0.15, 0.2) is 54.7 Å². The number of fused-ring (bicyclic) bond motifs is 1. The topological polar surface area (TPSA) is 17.0 Å². The highest BCUT2D eigenvalue weighted by atomic mass is 35.5. The smallest absolute Gasteiger partial charge is 0.0486 e. The van der Waals surface area contributed by atoms with Gasteiger partial charge in [0, 0.05) is 29.8 Å². The van der Waals surface area contributed by atoms with Crippen LogP contribution >= 0.6 is 11.6 Å². The summed E-state index contributed by atoms with van der Waals surface area (Å²) in [5.41, 5.74) is 3.86. The summed E-state index contributed by atoms with van der Waals surface area (Å²) in [7, 11) is 0. The number of halogens is 1. The zero-order valence-electron chi connectivity index (χ0n) is 12.1. The van der Waals surface area contributed by atoms with Gasteiger partial charge in [0.2, 0.25) is 0 Å². The molecule has 0 bridgehead atoms. The monoisotopic (exact) mass is 298 g/mol. The SMILES string of the molecule is CCNCc1ccc2ccn(Cc3ccc(Cl)cc3)c2c1. The van der Waals surface area contributed by atoms with Crippen molar-refractivity contribution in [3.05, 3.63) is 70.9 Å². The van der Waals surface area contributed by atoms with Crippen molar-refractivity contribution >= 4 is 22.5 Å². The number of benzene rings is 2. The summed E-state index contributed by atoms with van der Waals surface area (Å²) >= 11 is 5.94. The minimum atomic E-state index is 0.782. The molecule has 0 amide bonds. The van der Waals surface area contributed by atoms with Crippen LogP contribution in [0.1, 0.15) is 18.1 Å². The highest BCUT2D eigenvalue weighted by molar-refractivity contribution is 6.30. The Bertz CT molecular complexity index is 729. The lowest BCUT2D eigenvalue weighted by Gasteiger charge is -2.08. The van der Waals surface area contributed by atoms with Gasteiger partial charge in [-0.1, -0.05) is 42.8 Å². The summed E-state index contributed by atoms with van der Waals surface area (Å²) in [5, 5.41) is 5.44. The predicted octanol–water partition coefficient (Wildman–Crippen LogP) is 4.45. The highest BCUT2D eigenvalue weighted by Gasteiger charge is 2.03. The van der Waals surface area contributed by atoms with Crippen LogP contribution in [0.3, 0.4) is 0 Å². The third-order valence-electron chi connectivity index (χ3n) is 3.68. The summed E-state index contributed by atoms with van der Waals surface area (Å²) in [4.78, 5) is 0. The Morgan fingerprint density at radius 1 is 1.00 bits per heavy atom. The van der Waals surface area contributed by atoms with Crippen LogP contribution in [0.5, 0.6) is 0 Å². The van der Waals surface area contributed by atoms with Crippen LogP contribution in [0.4, 0.5) is 0 Å². The number of hydrogen-bond donors (Lipinski definition) is 1. The fourth-order valence-electron chi connectivity index (χ4n) is 2.53. The molecule has 1 N–H and O–H groups in total. The van der Waals surface area contributed by atoms with E-state index in [0.717, 1.165) is 24.7 Å². The van der Waals surface area contributed by atoms with Crippen molar-refractivity contribution in [1.82, 2.24) is 9.88 Å². The highest BCUT2D eigenvalue weighted by Crippen LogP contribution is 2.20. The zero-order chi connectivity index (χ0) is 14.7. The number of nitrogens with one attached hydrogen (secondary N) is 1. The first-order valence-electron chi connectivity index (χ1n) is 7.29. The van der Waals surface area contributed by atoms with Crippen molar-refractivity contribution in [1.29, 1.82) is 0 Å². The number of rotatable bonds is 5. The summed E-state index contributed by atoms with van der Waals surface area (Å²) in [6.07, 6.45) is 2.15. The molecule has 0 unspecified atom stereocenters. The molecule has 108 valence electrons. The van der Waals surface area contributed by atoms with Gasteiger partial charge in [-0.05, 0) is 47.3 Å². The number of nitrogens with zero attached hydrogens (tertiary/aromatic N) is 1. The maximum atomic E-state index is 5.94. The average molecular weight is 299 g/mol. The Morgan fingerprint density at radius 2 is 1.76 bits per heavy atom. The summed E-state index contributed by atoms with van der Waals surface area (Å²) in [5.74, 6) is 0. The van der Waals surface area contributed by atoms with Crippen molar-refractivity contribution in [2.45, 2.75) is 20.0 Å². The van der Waals surface area contributed by atoms with Crippen LogP contribution < -0.4 is 5.32 Å². The Kier molecular flexibility index (Phi) is 4.28. The van der Waals surface area contributed by atoms with Crippen molar-refractivity contribution in [2.24, 2.45) is 0 Å². The summed E-state index contributed by atoms with van der Waals surface area (Å²) in [6, 6.07) is 16.9. The van der Waals surface area contributed by atoms with E-state index in [4.69, 9.17) is 11.6 Å². The van der Waals surface area contributed by atoms with E-state index >= 15 is 0 Å². The molecule has 1 aromatic heterocycles. The molecule has 0 aliphatic rings. The first kappa shape index (κ1) is 14.2. The minimum Gasteiger partial charge on any atom is -0.343 e. The van der Waals surface area contributed by atoms with Crippen molar-refractivity contribution in [3.63, 3.8) is 0 Å². The molecule has 21 heavy (non-hydrogen) atoms. The average Bonchev–Trinajstić information content (AvgIpc) is 2.90. The number of hydrogen-bond acceptors (Lipinski definition) is 1. The van der Waals surface area contributed by atoms with Gasteiger partial charge in [0.25, 0.3) is 0 Å². The van der Waals surface area contributed by atoms with Crippen LogP contribution in [0.25, 0.3) is 10.9 Å². The molecule has 0 fully saturated rings. The third-order valence-corrected chi connectivity index (χ3v) is 3.94. The molecule has 2 nitrogen and oxygen atoms in total. The standard InChI is InChI=1S/C18H19ClN2/c1-2-20-12-15-3-6-16-9-10-21(18(16)11-15)13-14-4-7-17(19)8-5-14/h3-11,20H,2,12-13H2,1H3. The van der Waals surface area contributed by atoms with Crippen LogP contribution in [0, 0.1) is 0 Å². The predicted molar refractivity (Wildman–Crippen MR) is 89.9 cm³/mol. The van der Waals surface area contributed by atoms with E-state index in [1.165, 1.54) is 22.0 Å². The first-order valence-corrected chi connectivity index (χ1v) is 7.67. The van der Waals surface area contributed by atoms with Gasteiger partial charge in [0.15, 0.2) is 0 Å². The molecule has 0 radical (unpaired) electrons. The second kappa shape index (κ2) is 6.33. The van der Waals surface area contributed by atoms with Gasteiger partial charge in [0.1, 0.15) is 0 Å². The molecule has 0 atom stereocenters. The molecular weight excluding hydrogens is 280 g/mol. The molecule has 0 aliphatic heterocycles. The maximum Gasteiger partial charge on any atom is 0.0486 e. The van der Waals surface area contributed by atoms with Crippen LogP contribution in [-0.4, -0.2) is 11.1 Å². The van der Waals surface area contributed by atoms with Gasteiger partial charge < -0.3 is 9.88 Å². The quantitative estimate of drug-likeness (QED) is 0.736. The largest absolute Gasteiger partial charge is 0.343 e. The van der Waals surface area contributed by atoms with E-state index in [2.05, 4.69) is 59.4 Å². The molecular formula is C18H19ClN2. The summed E-state index contributed by atoms with van der Waals surface area (Å²) in [6.45, 7) is 4.90. The van der Waals surface area contributed by atoms with Crippen molar-refractivity contribution in [2.75, 3.05) is 6.54 Å². The van der Waals surface area contributed by atoms with Crippen molar-refractivity contribution in [3.8, 4) is 0 Å². The Balaban J connectivity index is 1.89. The lowest BCUT2D eigenvalue weighted by Crippen LogP contribution is -2.11. The normalized spacial score (nSPS) is 11.1. The second-order valence-electron chi connectivity index (χ2n) is 5.24. The van der Waals surface area contributed by atoms with Gasteiger partial charge in [-0.3, -0.25) is 0 Å². The molecule has 3 aromatic rings. The fraction of sp³-hybridized carbons (Fsp3) is 0.222. The summed E-state index contributed by atoms with van der Waals surface area (Å²) < 4.78 is 2.29. The fourth-order valence-corrected chi connectivity index (χ4v) is 2.66.